The number of phenols is 1. The highest BCUT2D eigenvalue weighted by molar-refractivity contribution is 8.13. The van der Waals surface area contributed by atoms with Gasteiger partial charge in [-0.2, -0.15) is 0 Å². The van der Waals surface area contributed by atoms with Crippen LogP contribution < -0.4 is 5.73 Å². The fourth-order valence-corrected chi connectivity index (χ4v) is 2.24. The van der Waals surface area contributed by atoms with Gasteiger partial charge >= 0.3 is 0 Å². The van der Waals surface area contributed by atoms with E-state index in [1.165, 1.54) is 6.92 Å². The highest BCUT2D eigenvalue weighted by Crippen LogP contribution is 2.38. The predicted molar refractivity (Wildman–Crippen MR) is 63.1 cm³/mol. The van der Waals surface area contributed by atoms with E-state index in [-0.39, 0.29) is 16.8 Å². The second-order valence-electron chi connectivity index (χ2n) is 3.67. The van der Waals surface area contributed by atoms with Gasteiger partial charge in [0.2, 0.25) is 0 Å². The van der Waals surface area contributed by atoms with E-state index in [9.17, 15) is 9.90 Å². The minimum absolute atomic E-state index is 0.0307. The van der Waals surface area contributed by atoms with Gasteiger partial charge in [-0.15, -0.1) is 0 Å². The molecule has 3 nitrogen and oxygen atoms in total. The number of benzene rings is 1. The highest BCUT2D eigenvalue weighted by Gasteiger charge is 2.15. The number of carbonyl (C=O) groups is 1. The van der Waals surface area contributed by atoms with Crippen LogP contribution in [0.1, 0.15) is 32.3 Å². The molecule has 15 heavy (non-hydrogen) atoms. The lowest BCUT2D eigenvalue weighted by Gasteiger charge is -2.14. The van der Waals surface area contributed by atoms with E-state index in [0.29, 0.717) is 10.6 Å². The van der Waals surface area contributed by atoms with Crippen LogP contribution in [0.15, 0.2) is 17.0 Å². The van der Waals surface area contributed by atoms with Crippen molar-refractivity contribution in [1.82, 2.24) is 0 Å². The van der Waals surface area contributed by atoms with Crippen molar-refractivity contribution in [2.45, 2.75) is 31.6 Å². The van der Waals surface area contributed by atoms with Crippen molar-refractivity contribution >= 4 is 22.6 Å². The molecule has 0 aliphatic rings. The number of nitrogens with two attached hydrogens (primary N) is 1. The molecule has 0 saturated heterocycles. The SMILES string of the molecule is CC(=O)Sc1c(C(C)C)ccc(O)c1N. The van der Waals surface area contributed by atoms with Crippen LogP contribution in [0.25, 0.3) is 0 Å². The Bertz CT molecular complexity index is 388. The van der Waals surface area contributed by atoms with Crippen LogP contribution in [0.3, 0.4) is 0 Å². The molecule has 82 valence electrons. The summed E-state index contributed by atoms with van der Waals surface area (Å²) in [6.45, 7) is 5.53. The lowest BCUT2D eigenvalue weighted by molar-refractivity contribution is -0.109. The summed E-state index contributed by atoms with van der Waals surface area (Å²) >= 11 is 1.07. The zero-order valence-corrected chi connectivity index (χ0v) is 9.89. The third-order valence-electron chi connectivity index (χ3n) is 2.07. The number of hydrogen-bond acceptors (Lipinski definition) is 4. The molecule has 0 spiro atoms. The zero-order chi connectivity index (χ0) is 11.6. The topological polar surface area (TPSA) is 63.3 Å². The largest absolute Gasteiger partial charge is 0.506 e. The van der Waals surface area contributed by atoms with Gasteiger partial charge in [0.1, 0.15) is 5.75 Å². The second-order valence-corrected chi connectivity index (χ2v) is 4.85. The first-order chi connectivity index (χ1) is 6.93. The maximum Gasteiger partial charge on any atom is 0.190 e. The lowest BCUT2D eigenvalue weighted by Crippen LogP contribution is -1.98. The van der Waals surface area contributed by atoms with E-state index in [4.69, 9.17) is 5.73 Å². The normalized spacial score (nSPS) is 10.7. The van der Waals surface area contributed by atoms with Crippen LogP contribution in [-0.2, 0) is 4.79 Å². The molecule has 0 unspecified atom stereocenters. The summed E-state index contributed by atoms with van der Waals surface area (Å²) in [6, 6.07) is 3.37. The molecule has 0 amide bonds. The van der Waals surface area contributed by atoms with E-state index in [1.54, 1.807) is 6.07 Å². The number of rotatable bonds is 2. The third kappa shape index (κ3) is 2.65. The first kappa shape index (κ1) is 11.9. The molecule has 1 aromatic carbocycles. The molecule has 0 aliphatic carbocycles. The summed E-state index contributed by atoms with van der Waals surface area (Å²) in [7, 11) is 0. The first-order valence-electron chi connectivity index (χ1n) is 4.73. The number of phenolic OH excluding ortho intramolecular Hbond substituents is 1. The van der Waals surface area contributed by atoms with Gasteiger partial charge in [-0.05, 0) is 29.3 Å². The summed E-state index contributed by atoms with van der Waals surface area (Å²) in [5.74, 6) is 0.304. The average Bonchev–Trinajstić information content (AvgIpc) is 2.12. The van der Waals surface area contributed by atoms with Gasteiger partial charge in [-0.1, -0.05) is 19.9 Å². The monoisotopic (exact) mass is 225 g/mol. The van der Waals surface area contributed by atoms with Crippen molar-refractivity contribution in [2.75, 3.05) is 5.73 Å². The first-order valence-corrected chi connectivity index (χ1v) is 5.55. The molecule has 1 aromatic rings. The molecule has 0 heterocycles. The Morgan fingerprint density at radius 2 is 2.07 bits per heavy atom. The molecule has 0 fully saturated rings. The summed E-state index contributed by atoms with van der Waals surface area (Å²) in [5, 5.41) is 9.44. The van der Waals surface area contributed by atoms with Crippen molar-refractivity contribution in [1.29, 1.82) is 0 Å². The van der Waals surface area contributed by atoms with Gasteiger partial charge in [-0.25, -0.2) is 0 Å². The highest BCUT2D eigenvalue weighted by atomic mass is 32.2. The number of aromatic hydroxyl groups is 1. The molecule has 1 rings (SSSR count). The Morgan fingerprint density at radius 3 is 2.53 bits per heavy atom. The molecule has 0 atom stereocenters. The number of nitrogen functional groups attached to an aromatic ring is 1. The molecule has 4 heteroatoms. The van der Waals surface area contributed by atoms with E-state index in [2.05, 4.69) is 0 Å². The van der Waals surface area contributed by atoms with Gasteiger partial charge in [0, 0.05) is 11.8 Å². The van der Waals surface area contributed by atoms with Crippen LogP contribution >= 0.6 is 11.8 Å². The molecular weight excluding hydrogens is 210 g/mol. The van der Waals surface area contributed by atoms with Crippen LogP contribution in [0.5, 0.6) is 5.75 Å². The van der Waals surface area contributed by atoms with E-state index < -0.39 is 0 Å². The standard InChI is InChI=1S/C11H15NO2S/c1-6(2)8-4-5-9(14)10(12)11(8)15-7(3)13/h4-6,14H,12H2,1-3H3. The van der Waals surface area contributed by atoms with Crippen molar-refractivity contribution in [3.63, 3.8) is 0 Å². The third-order valence-corrected chi connectivity index (χ3v) is 3.02. The van der Waals surface area contributed by atoms with Crippen LogP contribution in [0.2, 0.25) is 0 Å². The van der Waals surface area contributed by atoms with Crippen molar-refractivity contribution in [3.8, 4) is 5.75 Å². The molecule has 0 bridgehead atoms. The smallest absolute Gasteiger partial charge is 0.190 e. The number of thioether (sulfide) groups is 1. The summed E-state index contributed by atoms with van der Waals surface area (Å²) < 4.78 is 0. The Hall–Kier alpha value is -1.16. The Morgan fingerprint density at radius 1 is 1.47 bits per heavy atom. The van der Waals surface area contributed by atoms with Crippen LogP contribution in [0.4, 0.5) is 5.69 Å². The molecule has 3 N–H and O–H groups in total. The summed E-state index contributed by atoms with van der Waals surface area (Å²) in [4.78, 5) is 11.8. The summed E-state index contributed by atoms with van der Waals surface area (Å²) in [5.41, 5.74) is 7.03. The number of carbonyl (C=O) groups excluding carboxylic acids is 1. The van der Waals surface area contributed by atoms with E-state index in [1.807, 2.05) is 19.9 Å². The van der Waals surface area contributed by atoms with Gasteiger partial charge in [0.25, 0.3) is 0 Å². The van der Waals surface area contributed by atoms with Crippen molar-refractivity contribution < 1.29 is 9.90 Å². The zero-order valence-electron chi connectivity index (χ0n) is 9.07. The molecular formula is C11H15NO2S. The predicted octanol–water partition coefficient (Wildman–Crippen LogP) is 2.74. The minimum Gasteiger partial charge on any atom is -0.506 e. The Kier molecular flexibility index (Phi) is 3.63. The van der Waals surface area contributed by atoms with Gasteiger partial charge in [0.05, 0.1) is 5.69 Å². The fourth-order valence-electron chi connectivity index (χ4n) is 1.32. The number of hydrogen-bond donors (Lipinski definition) is 2. The summed E-state index contributed by atoms with van der Waals surface area (Å²) in [6.07, 6.45) is 0. The maximum absolute atomic E-state index is 11.1. The fraction of sp³-hybridized carbons (Fsp3) is 0.364. The molecule has 0 aliphatic heterocycles. The number of anilines is 1. The Balaban J connectivity index is 3.28. The average molecular weight is 225 g/mol. The molecule has 0 aromatic heterocycles. The molecule has 0 saturated carbocycles. The van der Waals surface area contributed by atoms with Crippen molar-refractivity contribution in [3.05, 3.63) is 17.7 Å². The Labute approximate surface area is 93.7 Å². The quantitative estimate of drug-likeness (QED) is 0.461. The van der Waals surface area contributed by atoms with Crippen molar-refractivity contribution in [2.24, 2.45) is 0 Å². The van der Waals surface area contributed by atoms with Gasteiger partial charge in [0.15, 0.2) is 5.12 Å². The maximum atomic E-state index is 11.1. The van der Waals surface area contributed by atoms with Crippen LogP contribution in [0, 0.1) is 0 Å². The van der Waals surface area contributed by atoms with E-state index >= 15 is 0 Å². The van der Waals surface area contributed by atoms with E-state index in [0.717, 1.165) is 17.3 Å². The molecule has 0 radical (unpaired) electrons. The van der Waals surface area contributed by atoms with Gasteiger partial charge < -0.3 is 10.8 Å². The second kappa shape index (κ2) is 4.57. The lowest BCUT2D eigenvalue weighted by atomic mass is 10.0. The van der Waals surface area contributed by atoms with Crippen LogP contribution in [-0.4, -0.2) is 10.2 Å². The minimum atomic E-state index is -0.0331. The van der Waals surface area contributed by atoms with Gasteiger partial charge in [-0.3, -0.25) is 4.79 Å².